The molecule has 6 nitrogen and oxygen atoms in total. The lowest BCUT2D eigenvalue weighted by Gasteiger charge is -2.35. The van der Waals surface area contributed by atoms with Gasteiger partial charge in [0, 0.05) is 45.0 Å². The van der Waals surface area contributed by atoms with Crippen LogP contribution in [0.2, 0.25) is 0 Å². The van der Waals surface area contributed by atoms with Crippen LogP contribution in [0.5, 0.6) is 0 Å². The Labute approximate surface area is 170 Å². The number of hydrogen-bond acceptors (Lipinski definition) is 6. The SMILES string of the molecule is CCCC(=O)CN1CCN(c2cc(C(F)(F)F)c3scc(C(=O)NC)c3n2)CC1. The molecule has 3 heterocycles. The predicted octanol–water partition coefficient (Wildman–Crippen LogP) is 3.17. The van der Waals surface area contributed by atoms with Crippen LogP contribution in [0.1, 0.15) is 35.7 Å². The smallest absolute Gasteiger partial charge is 0.355 e. The van der Waals surface area contributed by atoms with E-state index in [9.17, 15) is 22.8 Å². The molecule has 2 aromatic rings. The van der Waals surface area contributed by atoms with Gasteiger partial charge in [-0.1, -0.05) is 6.92 Å². The molecule has 1 aliphatic rings. The monoisotopic (exact) mass is 428 g/mol. The maximum atomic E-state index is 13.6. The van der Waals surface area contributed by atoms with E-state index in [2.05, 4.69) is 10.3 Å². The van der Waals surface area contributed by atoms with Crippen LogP contribution in [0.15, 0.2) is 11.4 Å². The summed E-state index contributed by atoms with van der Waals surface area (Å²) in [6, 6.07) is 1.06. The third-order valence-electron chi connectivity index (χ3n) is 4.91. The average Bonchev–Trinajstić information content (AvgIpc) is 3.10. The normalized spacial score (nSPS) is 15.7. The standard InChI is InChI=1S/C19H23F3N4O2S/c1-3-4-12(27)10-25-5-7-26(8-6-25)15-9-14(19(20,21)22)17-16(24-15)13(11-29-17)18(28)23-2/h9,11H,3-8,10H2,1-2H3,(H,23,28). The highest BCUT2D eigenvalue weighted by atomic mass is 32.1. The van der Waals surface area contributed by atoms with Crippen LogP contribution >= 0.6 is 11.3 Å². The minimum absolute atomic E-state index is 0.0383. The van der Waals surface area contributed by atoms with E-state index < -0.39 is 17.6 Å². The first-order chi connectivity index (χ1) is 13.7. The number of pyridine rings is 1. The highest BCUT2D eigenvalue weighted by Crippen LogP contribution is 2.40. The fourth-order valence-corrected chi connectivity index (χ4v) is 4.43. The number of alkyl halides is 3. The Hall–Kier alpha value is -2.20. The highest BCUT2D eigenvalue weighted by molar-refractivity contribution is 7.17. The van der Waals surface area contributed by atoms with Gasteiger partial charge in [-0.05, 0) is 12.5 Å². The summed E-state index contributed by atoms with van der Waals surface area (Å²) in [6.45, 7) is 4.40. The number of aromatic nitrogens is 1. The molecule has 0 atom stereocenters. The lowest BCUT2D eigenvalue weighted by atomic mass is 10.1. The van der Waals surface area contributed by atoms with Gasteiger partial charge >= 0.3 is 6.18 Å². The molecule has 2 aromatic heterocycles. The second kappa shape index (κ2) is 8.66. The molecule has 3 rings (SSSR count). The van der Waals surface area contributed by atoms with Gasteiger partial charge in [0.25, 0.3) is 5.91 Å². The Morgan fingerprint density at radius 3 is 2.52 bits per heavy atom. The predicted molar refractivity (Wildman–Crippen MR) is 107 cm³/mol. The summed E-state index contributed by atoms with van der Waals surface area (Å²) >= 11 is 0.871. The summed E-state index contributed by atoms with van der Waals surface area (Å²) in [5, 5.41) is 3.85. The summed E-state index contributed by atoms with van der Waals surface area (Å²) in [5.41, 5.74) is -0.568. The summed E-state index contributed by atoms with van der Waals surface area (Å²) in [5.74, 6) is -0.0884. The number of rotatable bonds is 6. The van der Waals surface area contributed by atoms with E-state index in [0.717, 1.165) is 23.8 Å². The molecule has 1 saturated heterocycles. The number of nitrogens with one attached hydrogen (secondary N) is 1. The van der Waals surface area contributed by atoms with E-state index >= 15 is 0 Å². The van der Waals surface area contributed by atoms with E-state index in [1.54, 1.807) is 4.90 Å². The molecular weight excluding hydrogens is 405 g/mol. The number of hydrogen-bond donors (Lipinski definition) is 1. The van der Waals surface area contributed by atoms with Gasteiger partial charge in [0.05, 0.1) is 27.9 Å². The zero-order chi connectivity index (χ0) is 21.2. The number of fused-ring (bicyclic) bond motifs is 1. The van der Waals surface area contributed by atoms with Crippen LogP contribution in [0.25, 0.3) is 10.2 Å². The minimum atomic E-state index is -4.55. The Balaban J connectivity index is 1.88. The maximum absolute atomic E-state index is 13.6. The maximum Gasteiger partial charge on any atom is 0.417 e. The molecule has 0 unspecified atom stereocenters. The largest absolute Gasteiger partial charge is 0.417 e. The third kappa shape index (κ3) is 4.69. The molecule has 0 saturated carbocycles. The Kier molecular flexibility index (Phi) is 6.42. The van der Waals surface area contributed by atoms with Gasteiger partial charge < -0.3 is 10.2 Å². The topological polar surface area (TPSA) is 65.5 Å². The molecule has 1 amide bonds. The van der Waals surface area contributed by atoms with Gasteiger partial charge in [-0.2, -0.15) is 13.2 Å². The van der Waals surface area contributed by atoms with E-state index in [1.165, 1.54) is 12.4 Å². The number of halogens is 3. The molecular formula is C19H23F3N4O2S. The summed E-state index contributed by atoms with van der Waals surface area (Å²) in [4.78, 5) is 32.1. The second-order valence-corrected chi connectivity index (χ2v) is 7.86. The van der Waals surface area contributed by atoms with Crippen molar-refractivity contribution in [3.63, 3.8) is 0 Å². The molecule has 1 N–H and O–H groups in total. The molecule has 10 heteroatoms. The molecule has 1 aliphatic heterocycles. The molecule has 29 heavy (non-hydrogen) atoms. The van der Waals surface area contributed by atoms with E-state index in [0.29, 0.717) is 39.1 Å². The van der Waals surface area contributed by atoms with Crippen LogP contribution in [0.3, 0.4) is 0 Å². The zero-order valence-corrected chi connectivity index (χ0v) is 17.1. The molecule has 0 radical (unpaired) electrons. The molecule has 0 aliphatic carbocycles. The van der Waals surface area contributed by atoms with Crippen molar-refractivity contribution in [1.82, 2.24) is 15.2 Å². The van der Waals surface area contributed by atoms with Crippen molar-refractivity contribution >= 4 is 39.1 Å². The fourth-order valence-electron chi connectivity index (χ4n) is 3.41. The van der Waals surface area contributed by atoms with Crippen LogP contribution < -0.4 is 10.2 Å². The molecule has 0 bridgehead atoms. The van der Waals surface area contributed by atoms with Gasteiger partial charge in [0.2, 0.25) is 0 Å². The van der Waals surface area contributed by atoms with E-state index in [4.69, 9.17) is 0 Å². The minimum Gasteiger partial charge on any atom is -0.355 e. The molecule has 0 spiro atoms. The number of nitrogens with zero attached hydrogens (tertiary/aromatic N) is 3. The number of carbonyl (C=O) groups is 2. The van der Waals surface area contributed by atoms with Crippen molar-refractivity contribution < 1.29 is 22.8 Å². The van der Waals surface area contributed by atoms with Crippen LogP contribution in [-0.4, -0.2) is 61.3 Å². The van der Waals surface area contributed by atoms with Crippen molar-refractivity contribution in [3.8, 4) is 0 Å². The first-order valence-electron chi connectivity index (χ1n) is 9.45. The van der Waals surface area contributed by atoms with Crippen LogP contribution in [0.4, 0.5) is 19.0 Å². The Morgan fingerprint density at radius 2 is 1.93 bits per heavy atom. The van der Waals surface area contributed by atoms with Crippen molar-refractivity contribution in [2.75, 3.05) is 44.7 Å². The van der Waals surface area contributed by atoms with E-state index in [-0.39, 0.29) is 27.4 Å². The van der Waals surface area contributed by atoms with Gasteiger partial charge in [-0.3, -0.25) is 14.5 Å². The van der Waals surface area contributed by atoms with Gasteiger partial charge in [-0.15, -0.1) is 11.3 Å². The lowest BCUT2D eigenvalue weighted by Crippen LogP contribution is -2.48. The Morgan fingerprint density at radius 1 is 1.24 bits per heavy atom. The first-order valence-corrected chi connectivity index (χ1v) is 10.3. The number of thiophene rings is 1. The van der Waals surface area contributed by atoms with Crippen LogP contribution in [-0.2, 0) is 11.0 Å². The first kappa shape index (κ1) is 21.5. The summed E-state index contributed by atoms with van der Waals surface area (Å²) in [7, 11) is 1.43. The fraction of sp³-hybridized carbons (Fsp3) is 0.526. The van der Waals surface area contributed by atoms with Crippen molar-refractivity contribution in [2.24, 2.45) is 0 Å². The van der Waals surface area contributed by atoms with Gasteiger partial charge in [0.1, 0.15) is 11.6 Å². The summed E-state index contributed by atoms with van der Waals surface area (Å²) in [6.07, 6.45) is -3.21. The number of amides is 1. The molecule has 1 fully saturated rings. The number of Topliss-reactive ketones (excluding diaryl/α,β-unsaturated/α-hetero) is 1. The highest BCUT2D eigenvalue weighted by Gasteiger charge is 2.36. The van der Waals surface area contributed by atoms with Crippen molar-refractivity contribution in [3.05, 3.63) is 22.6 Å². The average molecular weight is 428 g/mol. The number of ketones is 1. The lowest BCUT2D eigenvalue weighted by molar-refractivity contribution is -0.136. The van der Waals surface area contributed by atoms with Gasteiger partial charge in [-0.25, -0.2) is 4.98 Å². The number of anilines is 1. The van der Waals surface area contributed by atoms with E-state index in [1.807, 2.05) is 11.8 Å². The van der Waals surface area contributed by atoms with Gasteiger partial charge in [0.15, 0.2) is 0 Å². The number of carbonyl (C=O) groups excluding carboxylic acids is 2. The van der Waals surface area contributed by atoms with Crippen molar-refractivity contribution in [1.29, 1.82) is 0 Å². The number of piperazine rings is 1. The zero-order valence-electron chi connectivity index (χ0n) is 16.3. The summed E-state index contributed by atoms with van der Waals surface area (Å²) < 4.78 is 40.9. The third-order valence-corrected chi connectivity index (χ3v) is 5.91. The molecule has 158 valence electrons. The van der Waals surface area contributed by atoms with Crippen molar-refractivity contribution in [2.45, 2.75) is 25.9 Å². The quantitative estimate of drug-likeness (QED) is 0.766. The Bertz CT molecular complexity index is 905. The van der Waals surface area contributed by atoms with Crippen LogP contribution in [0, 0.1) is 0 Å². The second-order valence-electron chi connectivity index (χ2n) is 6.98. The molecule has 0 aromatic carbocycles.